The lowest BCUT2D eigenvalue weighted by Gasteiger charge is -2.35. The summed E-state index contributed by atoms with van der Waals surface area (Å²) in [5.74, 6) is 0. The van der Waals surface area contributed by atoms with Crippen LogP contribution in [-0.2, 0) is 9.47 Å². The van der Waals surface area contributed by atoms with Gasteiger partial charge in [-0.3, -0.25) is 0 Å². The zero-order valence-electron chi connectivity index (χ0n) is 8.99. The maximum absolute atomic E-state index is 11.9. The molecule has 0 spiro atoms. The zero-order chi connectivity index (χ0) is 12.1. The number of hydrogen-bond acceptors (Lipinski definition) is 2. The van der Waals surface area contributed by atoms with Gasteiger partial charge in [0.05, 0.1) is 5.60 Å². The summed E-state index contributed by atoms with van der Waals surface area (Å²) in [6, 6.07) is 0. The van der Waals surface area contributed by atoms with Crippen LogP contribution in [0.5, 0.6) is 0 Å². The van der Waals surface area contributed by atoms with Gasteiger partial charge in [0.1, 0.15) is 0 Å². The van der Waals surface area contributed by atoms with Crippen molar-refractivity contribution in [1.82, 2.24) is 0 Å². The molecule has 0 aromatic rings. The minimum atomic E-state index is -4.07. The maximum Gasteiger partial charge on any atom is 0.389 e. The van der Waals surface area contributed by atoms with Crippen LogP contribution >= 0.6 is 22.6 Å². The lowest BCUT2D eigenvalue weighted by Crippen LogP contribution is -2.41. The first-order valence-corrected chi connectivity index (χ1v) is 6.84. The molecule has 1 heterocycles. The molecule has 0 saturated carbocycles. The largest absolute Gasteiger partial charge is 0.389 e. The molecule has 96 valence electrons. The van der Waals surface area contributed by atoms with Crippen molar-refractivity contribution in [3.05, 3.63) is 0 Å². The summed E-state index contributed by atoms with van der Waals surface area (Å²) >= 11 is 2.22. The molecule has 0 N–H and O–H groups in total. The summed E-state index contributed by atoms with van der Waals surface area (Å²) in [7, 11) is 0. The van der Waals surface area contributed by atoms with Gasteiger partial charge < -0.3 is 9.47 Å². The summed E-state index contributed by atoms with van der Waals surface area (Å²) in [6.45, 7) is 1.47. The number of rotatable bonds is 5. The highest BCUT2D eigenvalue weighted by Gasteiger charge is 2.33. The minimum Gasteiger partial charge on any atom is -0.381 e. The van der Waals surface area contributed by atoms with Gasteiger partial charge in [-0.25, -0.2) is 0 Å². The molecule has 1 aliphatic rings. The molecule has 1 saturated heterocycles. The summed E-state index contributed by atoms with van der Waals surface area (Å²) in [5, 5.41) is 0. The fourth-order valence-corrected chi connectivity index (χ4v) is 2.60. The molecule has 2 nitrogen and oxygen atoms in total. The van der Waals surface area contributed by atoms with Crippen molar-refractivity contribution in [3.8, 4) is 0 Å². The smallest absolute Gasteiger partial charge is 0.381 e. The molecule has 0 amide bonds. The first-order chi connectivity index (χ1) is 7.47. The van der Waals surface area contributed by atoms with E-state index < -0.39 is 12.6 Å². The molecule has 1 aliphatic heterocycles. The van der Waals surface area contributed by atoms with Crippen LogP contribution in [-0.4, -0.2) is 36.0 Å². The van der Waals surface area contributed by atoms with Gasteiger partial charge in [0.15, 0.2) is 0 Å². The van der Waals surface area contributed by atoms with E-state index in [1.165, 1.54) is 0 Å². The molecular weight excluding hydrogens is 336 g/mol. The van der Waals surface area contributed by atoms with Crippen molar-refractivity contribution in [2.24, 2.45) is 0 Å². The lowest BCUT2D eigenvalue weighted by molar-refractivity contribution is -0.145. The summed E-state index contributed by atoms with van der Waals surface area (Å²) < 4.78 is 47.4. The Morgan fingerprint density at radius 3 is 2.38 bits per heavy atom. The Labute approximate surface area is 107 Å². The molecule has 0 radical (unpaired) electrons. The van der Waals surface area contributed by atoms with Gasteiger partial charge in [-0.05, 0) is 6.42 Å². The van der Waals surface area contributed by atoms with Crippen LogP contribution in [0.1, 0.15) is 25.7 Å². The van der Waals surface area contributed by atoms with E-state index in [0.717, 1.165) is 17.3 Å². The van der Waals surface area contributed by atoms with Gasteiger partial charge in [0.25, 0.3) is 0 Å². The van der Waals surface area contributed by atoms with Crippen LogP contribution in [0.15, 0.2) is 0 Å². The average molecular weight is 352 g/mol. The minimum absolute atomic E-state index is 0.0444. The fraction of sp³-hybridized carbons (Fsp3) is 1.00. The van der Waals surface area contributed by atoms with Crippen LogP contribution in [0.25, 0.3) is 0 Å². The van der Waals surface area contributed by atoms with Crippen LogP contribution in [0.3, 0.4) is 0 Å². The molecule has 0 aromatic heterocycles. The molecule has 0 aromatic carbocycles. The standard InChI is InChI=1S/C10H16F3IO2/c11-10(12,13)2-1-5-16-9(8-14)3-6-15-7-4-9/h1-8H2. The lowest BCUT2D eigenvalue weighted by atomic mass is 9.97. The van der Waals surface area contributed by atoms with Crippen LogP contribution < -0.4 is 0 Å². The molecule has 16 heavy (non-hydrogen) atoms. The van der Waals surface area contributed by atoms with Gasteiger partial charge in [0, 0.05) is 43.5 Å². The van der Waals surface area contributed by atoms with E-state index in [9.17, 15) is 13.2 Å². The summed E-state index contributed by atoms with van der Waals surface area (Å²) in [4.78, 5) is 0. The van der Waals surface area contributed by atoms with E-state index in [1.54, 1.807) is 0 Å². The highest BCUT2D eigenvalue weighted by atomic mass is 127. The van der Waals surface area contributed by atoms with Gasteiger partial charge in [-0.2, -0.15) is 13.2 Å². The molecule has 0 unspecified atom stereocenters. The summed E-state index contributed by atoms with van der Waals surface area (Å²) in [6.07, 6.45) is -3.23. The molecular formula is C10H16F3IO2. The molecule has 0 aliphatic carbocycles. The van der Waals surface area contributed by atoms with Crippen molar-refractivity contribution in [3.63, 3.8) is 0 Å². The maximum atomic E-state index is 11.9. The SMILES string of the molecule is FC(F)(F)CCCOC1(CI)CCOCC1. The van der Waals surface area contributed by atoms with E-state index >= 15 is 0 Å². The van der Waals surface area contributed by atoms with Gasteiger partial charge in [0.2, 0.25) is 0 Å². The Kier molecular flexibility index (Phi) is 5.79. The summed E-state index contributed by atoms with van der Waals surface area (Å²) in [5.41, 5.74) is -0.260. The first kappa shape index (κ1) is 14.5. The highest BCUT2D eigenvalue weighted by molar-refractivity contribution is 14.1. The van der Waals surface area contributed by atoms with E-state index in [1.807, 2.05) is 0 Å². The van der Waals surface area contributed by atoms with E-state index in [2.05, 4.69) is 22.6 Å². The van der Waals surface area contributed by atoms with Gasteiger partial charge in [-0.1, -0.05) is 22.6 Å². The molecule has 0 atom stereocenters. The van der Waals surface area contributed by atoms with E-state index in [4.69, 9.17) is 9.47 Å². The second kappa shape index (κ2) is 6.39. The third-order valence-electron chi connectivity index (χ3n) is 2.66. The average Bonchev–Trinajstić information content (AvgIpc) is 2.25. The predicted molar refractivity (Wildman–Crippen MR) is 62.9 cm³/mol. The third kappa shape index (κ3) is 5.18. The third-order valence-corrected chi connectivity index (χ3v) is 4.05. The molecule has 6 heteroatoms. The normalized spacial score (nSPS) is 21.0. The van der Waals surface area contributed by atoms with Gasteiger partial charge >= 0.3 is 6.18 Å². The second-order valence-corrected chi connectivity index (χ2v) is 4.76. The fourth-order valence-electron chi connectivity index (χ4n) is 1.62. The molecule has 1 rings (SSSR count). The van der Waals surface area contributed by atoms with Crippen LogP contribution in [0.2, 0.25) is 0 Å². The van der Waals surface area contributed by atoms with Crippen molar-refractivity contribution in [2.45, 2.75) is 37.5 Å². The van der Waals surface area contributed by atoms with Crippen LogP contribution in [0, 0.1) is 0 Å². The predicted octanol–water partition coefficient (Wildman–Crippen LogP) is 3.33. The van der Waals surface area contributed by atoms with Gasteiger partial charge in [-0.15, -0.1) is 0 Å². The first-order valence-electron chi connectivity index (χ1n) is 5.32. The van der Waals surface area contributed by atoms with Crippen molar-refractivity contribution in [1.29, 1.82) is 0 Å². The quantitative estimate of drug-likeness (QED) is 0.429. The number of hydrogen-bond donors (Lipinski definition) is 0. The van der Waals surface area contributed by atoms with Crippen LogP contribution in [0.4, 0.5) is 13.2 Å². The van der Waals surface area contributed by atoms with Crippen molar-refractivity contribution < 1.29 is 22.6 Å². The zero-order valence-corrected chi connectivity index (χ0v) is 11.1. The number of alkyl halides is 4. The molecule has 1 fully saturated rings. The van der Waals surface area contributed by atoms with E-state index in [-0.39, 0.29) is 18.6 Å². The number of ether oxygens (including phenoxy) is 2. The Balaban J connectivity index is 2.23. The monoisotopic (exact) mass is 352 g/mol. The number of halogens is 4. The Morgan fingerprint density at radius 2 is 1.88 bits per heavy atom. The van der Waals surface area contributed by atoms with E-state index in [0.29, 0.717) is 13.2 Å². The highest BCUT2D eigenvalue weighted by Crippen LogP contribution is 2.28. The Bertz CT molecular complexity index is 203. The van der Waals surface area contributed by atoms with Crippen molar-refractivity contribution in [2.75, 3.05) is 24.2 Å². The Morgan fingerprint density at radius 1 is 1.25 bits per heavy atom. The van der Waals surface area contributed by atoms with Crippen molar-refractivity contribution >= 4 is 22.6 Å². The molecule has 0 bridgehead atoms. The topological polar surface area (TPSA) is 18.5 Å². The second-order valence-electron chi connectivity index (χ2n) is 4.00. The Hall–Kier alpha value is 0.440.